The number of nitrogens with one attached hydrogen (secondary N) is 1. The van der Waals surface area contributed by atoms with Crippen LogP contribution in [0.4, 0.5) is 0 Å². The van der Waals surface area contributed by atoms with E-state index >= 15 is 0 Å². The first-order valence-electron chi connectivity index (χ1n) is 7.59. The molecule has 0 fully saturated rings. The van der Waals surface area contributed by atoms with Gasteiger partial charge in [0.2, 0.25) is 0 Å². The summed E-state index contributed by atoms with van der Waals surface area (Å²) in [6, 6.07) is 12.9. The lowest BCUT2D eigenvalue weighted by Gasteiger charge is -2.10. The van der Waals surface area contributed by atoms with Gasteiger partial charge in [-0.3, -0.25) is 9.20 Å². The largest absolute Gasteiger partial charge is 0.493 e. The first kappa shape index (κ1) is 15.8. The molecule has 1 aromatic carbocycles. The number of hydrogen-bond acceptors (Lipinski definition) is 5. The highest BCUT2D eigenvalue weighted by molar-refractivity contribution is 5.77. The van der Waals surface area contributed by atoms with Gasteiger partial charge in [-0.05, 0) is 24.3 Å². The van der Waals surface area contributed by atoms with E-state index in [9.17, 15) is 4.79 Å². The molecular formula is C17H18N4O3. The SMILES string of the molecule is COc1ccccc1OCC(=O)NCCc1nnc2ccccn12. The first-order valence-corrected chi connectivity index (χ1v) is 7.59. The van der Waals surface area contributed by atoms with Crippen LogP contribution in [0.3, 0.4) is 0 Å². The van der Waals surface area contributed by atoms with E-state index in [-0.39, 0.29) is 12.5 Å². The Hall–Kier alpha value is -3.09. The lowest BCUT2D eigenvalue weighted by Crippen LogP contribution is -2.30. The van der Waals surface area contributed by atoms with Crippen LogP contribution in [0, 0.1) is 0 Å². The van der Waals surface area contributed by atoms with E-state index in [1.54, 1.807) is 19.2 Å². The fraction of sp³-hybridized carbons (Fsp3) is 0.235. The molecule has 0 spiro atoms. The van der Waals surface area contributed by atoms with Crippen molar-refractivity contribution >= 4 is 11.6 Å². The van der Waals surface area contributed by atoms with E-state index in [0.29, 0.717) is 24.5 Å². The van der Waals surface area contributed by atoms with Crippen LogP contribution in [0.1, 0.15) is 5.82 Å². The predicted octanol–water partition coefficient (Wildman–Crippen LogP) is 1.48. The number of nitrogens with zero attached hydrogens (tertiary/aromatic N) is 3. The van der Waals surface area contributed by atoms with Gasteiger partial charge in [0.05, 0.1) is 7.11 Å². The number of pyridine rings is 1. The molecule has 3 rings (SSSR count). The Balaban J connectivity index is 1.47. The second-order valence-corrected chi connectivity index (χ2v) is 5.08. The Morgan fingerprint density at radius 3 is 2.75 bits per heavy atom. The lowest BCUT2D eigenvalue weighted by molar-refractivity contribution is -0.123. The molecule has 24 heavy (non-hydrogen) atoms. The zero-order valence-electron chi connectivity index (χ0n) is 13.3. The molecule has 1 amide bonds. The van der Waals surface area contributed by atoms with E-state index in [0.717, 1.165) is 11.5 Å². The van der Waals surface area contributed by atoms with E-state index in [4.69, 9.17) is 9.47 Å². The molecule has 0 bridgehead atoms. The lowest BCUT2D eigenvalue weighted by atomic mass is 10.3. The summed E-state index contributed by atoms with van der Waals surface area (Å²) >= 11 is 0. The minimum Gasteiger partial charge on any atom is -0.493 e. The quantitative estimate of drug-likeness (QED) is 0.711. The van der Waals surface area contributed by atoms with Crippen LogP contribution in [0.25, 0.3) is 5.65 Å². The van der Waals surface area contributed by atoms with Gasteiger partial charge in [0.1, 0.15) is 5.82 Å². The van der Waals surface area contributed by atoms with Gasteiger partial charge in [0.25, 0.3) is 5.91 Å². The van der Waals surface area contributed by atoms with Gasteiger partial charge in [0, 0.05) is 19.2 Å². The number of rotatable bonds is 7. The number of ether oxygens (including phenoxy) is 2. The summed E-state index contributed by atoms with van der Waals surface area (Å²) in [5, 5.41) is 11.0. The van der Waals surface area contributed by atoms with Gasteiger partial charge in [-0.1, -0.05) is 18.2 Å². The second kappa shape index (κ2) is 7.45. The van der Waals surface area contributed by atoms with E-state index < -0.39 is 0 Å². The van der Waals surface area contributed by atoms with E-state index in [1.807, 2.05) is 40.9 Å². The maximum Gasteiger partial charge on any atom is 0.257 e. The molecule has 7 heteroatoms. The van der Waals surface area contributed by atoms with Crippen molar-refractivity contribution in [3.63, 3.8) is 0 Å². The molecule has 0 aliphatic rings. The Labute approximate surface area is 139 Å². The van der Waals surface area contributed by atoms with Crippen molar-refractivity contribution in [1.82, 2.24) is 19.9 Å². The topological polar surface area (TPSA) is 77.8 Å². The van der Waals surface area contributed by atoms with Crippen molar-refractivity contribution < 1.29 is 14.3 Å². The summed E-state index contributed by atoms with van der Waals surface area (Å²) in [5.41, 5.74) is 0.790. The highest BCUT2D eigenvalue weighted by atomic mass is 16.5. The van der Waals surface area contributed by atoms with Gasteiger partial charge in [-0.2, -0.15) is 0 Å². The van der Waals surface area contributed by atoms with Crippen LogP contribution in [0.5, 0.6) is 11.5 Å². The fourth-order valence-electron chi connectivity index (χ4n) is 2.31. The van der Waals surface area contributed by atoms with Crippen LogP contribution in [-0.2, 0) is 11.2 Å². The van der Waals surface area contributed by atoms with E-state index in [1.165, 1.54) is 0 Å². The second-order valence-electron chi connectivity index (χ2n) is 5.08. The van der Waals surface area contributed by atoms with Crippen molar-refractivity contribution in [3.8, 4) is 11.5 Å². The number of para-hydroxylation sites is 2. The number of benzene rings is 1. The molecule has 0 unspecified atom stereocenters. The maximum atomic E-state index is 11.9. The molecule has 0 saturated heterocycles. The molecule has 0 radical (unpaired) electrons. The zero-order valence-corrected chi connectivity index (χ0v) is 13.3. The Morgan fingerprint density at radius 2 is 1.92 bits per heavy atom. The predicted molar refractivity (Wildman–Crippen MR) is 88.2 cm³/mol. The van der Waals surface area contributed by atoms with Crippen LogP contribution in [-0.4, -0.2) is 40.8 Å². The third kappa shape index (κ3) is 3.62. The third-order valence-corrected chi connectivity index (χ3v) is 3.48. The number of fused-ring (bicyclic) bond motifs is 1. The standard InChI is InChI=1S/C17H18N4O3/c1-23-13-6-2-3-7-14(13)24-12-17(22)18-10-9-16-20-19-15-8-4-5-11-21(15)16/h2-8,11H,9-10,12H2,1H3,(H,18,22). The van der Waals surface area contributed by atoms with Gasteiger partial charge in [0.15, 0.2) is 23.8 Å². The zero-order chi connectivity index (χ0) is 16.8. The number of aromatic nitrogens is 3. The Morgan fingerprint density at radius 1 is 1.12 bits per heavy atom. The average Bonchev–Trinajstić information content (AvgIpc) is 3.03. The smallest absolute Gasteiger partial charge is 0.257 e. The Bertz CT molecular complexity index is 831. The molecule has 7 nitrogen and oxygen atoms in total. The summed E-state index contributed by atoms with van der Waals surface area (Å²) in [6.45, 7) is 0.394. The minimum absolute atomic E-state index is 0.0685. The third-order valence-electron chi connectivity index (χ3n) is 3.48. The number of methoxy groups -OCH3 is 1. The van der Waals surface area contributed by atoms with Gasteiger partial charge in [-0.15, -0.1) is 10.2 Å². The molecule has 2 heterocycles. The monoisotopic (exact) mass is 326 g/mol. The molecule has 3 aromatic rings. The van der Waals surface area contributed by atoms with Crippen LogP contribution < -0.4 is 14.8 Å². The summed E-state index contributed by atoms with van der Waals surface area (Å²) < 4.78 is 12.6. The summed E-state index contributed by atoms with van der Waals surface area (Å²) in [6.07, 6.45) is 2.49. The molecule has 124 valence electrons. The van der Waals surface area contributed by atoms with Gasteiger partial charge in [-0.25, -0.2) is 0 Å². The molecule has 0 aliphatic heterocycles. The van der Waals surface area contributed by atoms with Crippen molar-refractivity contribution in [3.05, 3.63) is 54.5 Å². The van der Waals surface area contributed by atoms with Gasteiger partial charge < -0.3 is 14.8 Å². The normalized spacial score (nSPS) is 10.5. The molecule has 0 atom stereocenters. The summed E-state index contributed by atoms with van der Waals surface area (Å²) in [7, 11) is 1.56. The maximum absolute atomic E-state index is 11.9. The average molecular weight is 326 g/mol. The van der Waals surface area contributed by atoms with E-state index in [2.05, 4.69) is 15.5 Å². The van der Waals surface area contributed by atoms with Crippen molar-refractivity contribution in [2.75, 3.05) is 20.3 Å². The Kier molecular flexibility index (Phi) is 4.90. The van der Waals surface area contributed by atoms with Crippen LogP contribution in [0.15, 0.2) is 48.7 Å². The molecular weight excluding hydrogens is 308 g/mol. The molecule has 1 N–H and O–H groups in total. The summed E-state index contributed by atoms with van der Waals surface area (Å²) in [4.78, 5) is 11.9. The first-order chi connectivity index (χ1) is 11.8. The number of amides is 1. The molecule has 2 aromatic heterocycles. The number of carbonyl (C=O) groups excluding carboxylic acids is 1. The van der Waals surface area contributed by atoms with Crippen molar-refractivity contribution in [2.45, 2.75) is 6.42 Å². The van der Waals surface area contributed by atoms with Gasteiger partial charge >= 0.3 is 0 Å². The minimum atomic E-state index is -0.199. The highest BCUT2D eigenvalue weighted by Gasteiger charge is 2.08. The van der Waals surface area contributed by atoms with Crippen molar-refractivity contribution in [2.24, 2.45) is 0 Å². The highest BCUT2D eigenvalue weighted by Crippen LogP contribution is 2.25. The van der Waals surface area contributed by atoms with Crippen LogP contribution in [0.2, 0.25) is 0 Å². The summed E-state index contributed by atoms with van der Waals surface area (Å²) in [5.74, 6) is 1.74. The molecule has 0 aliphatic carbocycles. The number of carbonyl (C=O) groups is 1. The van der Waals surface area contributed by atoms with Crippen molar-refractivity contribution in [1.29, 1.82) is 0 Å². The number of hydrogen-bond donors (Lipinski definition) is 1. The fourth-order valence-corrected chi connectivity index (χ4v) is 2.31. The molecule has 0 saturated carbocycles. The van der Waals surface area contributed by atoms with Crippen LogP contribution >= 0.6 is 0 Å².